The first-order valence-corrected chi connectivity index (χ1v) is 14.5. The summed E-state index contributed by atoms with van der Waals surface area (Å²) in [6, 6.07) is 45.0. The van der Waals surface area contributed by atoms with Crippen LogP contribution in [0, 0.1) is 0 Å². The van der Waals surface area contributed by atoms with Crippen molar-refractivity contribution in [1.82, 2.24) is 34.1 Å². The molecule has 0 bridgehead atoms. The van der Waals surface area contributed by atoms with Gasteiger partial charge in [-0.25, -0.2) is 9.97 Å². The van der Waals surface area contributed by atoms with Crippen molar-refractivity contribution in [3.63, 3.8) is 0 Å². The van der Waals surface area contributed by atoms with Crippen molar-refractivity contribution in [1.29, 1.82) is 0 Å². The largest absolute Gasteiger partial charge is 0.308 e. The summed E-state index contributed by atoms with van der Waals surface area (Å²) in [4.78, 5) is 25.2. The highest BCUT2D eigenvalue weighted by Gasteiger charge is 2.22. The number of para-hydroxylation sites is 2. The van der Waals surface area contributed by atoms with Gasteiger partial charge in [-0.2, -0.15) is 9.97 Å². The van der Waals surface area contributed by atoms with Gasteiger partial charge in [0.2, 0.25) is 5.95 Å². The van der Waals surface area contributed by atoms with Gasteiger partial charge in [0, 0.05) is 33.8 Å². The molecule has 0 unspecified atom stereocenters. The molecule has 44 heavy (non-hydrogen) atoms. The van der Waals surface area contributed by atoms with E-state index in [4.69, 9.17) is 24.9 Å². The van der Waals surface area contributed by atoms with E-state index in [2.05, 4.69) is 59.2 Å². The highest BCUT2D eigenvalue weighted by atomic mass is 15.2. The van der Waals surface area contributed by atoms with Crippen LogP contribution in [0.4, 0.5) is 0 Å². The fraction of sp³-hybridized carbons (Fsp3) is 0. The predicted octanol–water partition coefficient (Wildman–Crippen LogP) is 8.19. The van der Waals surface area contributed by atoms with Crippen LogP contribution in [0.5, 0.6) is 0 Å². The van der Waals surface area contributed by atoms with Crippen LogP contribution in [0.1, 0.15) is 0 Å². The van der Waals surface area contributed by atoms with Crippen molar-refractivity contribution in [2.24, 2.45) is 0 Å². The van der Waals surface area contributed by atoms with Gasteiger partial charge >= 0.3 is 0 Å². The normalized spacial score (nSPS) is 11.6. The number of nitrogens with zero attached hydrogens (tertiary/aromatic N) is 7. The van der Waals surface area contributed by atoms with E-state index < -0.39 is 0 Å². The first-order valence-electron chi connectivity index (χ1n) is 14.5. The van der Waals surface area contributed by atoms with E-state index in [0.717, 1.165) is 60.8 Å². The van der Waals surface area contributed by atoms with Crippen LogP contribution in [0.15, 0.2) is 140 Å². The lowest BCUT2D eigenvalue weighted by Crippen LogP contribution is -2.07. The summed E-state index contributed by atoms with van der Waals surface area (Å²) in [5.41, 5.74) is 8.37. The molecule has 0 aliphatic rings. The third-order valence-corrected chi connectivity index (χ3v) is 8.02. The number of rotatable bonds is 4. The molecule has 7 heteroatoms. The van der Waals surface area contributed by atoms with Crippen molar-refractivity contribution < 1.29 is 0 Å². The molecule has 9 aromatic rings. The predicted molar refractivity (Wildman–Crippen MR) is 175 cm³/mol. The molecule has 0 N–H and O–H groups in total. The van der Waals surface area contributed by atoms with Gasteiger partial charge < -0.3 is 4.57 Å². The lowest BCUT2D eigenvalue weighted by molar-refractivity contribution is 0.945. The summed E-state index contributed by atoms with van der Waals surface area (Å²) < 4.78 is 4.29. The maximum Gasteiger partial charge on any atom is 0.240 e. The van der Waals surface area contributed by atoms with E-state index in [-0.39, 0.29) is 0 Å². The summed E-state index contributed by atoms with van der Waals surface area (Å²) in [5.74, 6) is 1.68. The van der Waals surface area contributed by atoms with Gasteiger partial charge in [0.1, 0.15) is 0 Å². The Hall–Kier alpha value is -6.21. The first kappa shape index (κ1) is 24.4. The Bertz CT molecular complexity index is 2420. The zero-order valence-corrected chi connectivity index (χ0v) is 23.4. The molecular formula is C37H23N7. The number of benzene rings is 4. The van der Waals surface area contributed by atoms with Crippen molar-refractivity contribution >= 4 is 44.0 Å². The molecule has 206 valence electrons. The first-order chi connectivity index (χ1) is 21.8. The van der Waals surface area contributed by atoms with Gasteiger partial charge in [-0.05, 0) is 36.4 Å². The van der Waals surface area contributed by atoms with Crippen molar-refractivity contribution in [3.05, 3.63) is 140 Å². The SMILES string of the molecule is c1ccc(-c2nc(-c3ccccc3)nc(-n3c4cccnc4c4cc5c(nc43)c3ccccc3n5-c3ccccc3)n2)cc1. The molecule has 0 radical (unpaired) electrons. The van der Waals surface area contributed by atoms with Gasteiger partial charge in [0.15, 0.2) is 17.3 Å². The van der Waals surface area contributed by atoms with Crippen LogP contribution < -0.4 is 0 Å². The van der Waals surface area contributed by atoms with Crippen LogP contribution >= 0.6 is 0 Å². The molecule has 4 aromatic carbocycles. The van der Waals surface area contributed by atoms with Crippen LogP contribution in [0.3, 0.4) is 0 Å². The van der Waals surface area contributed by atoms with Gasteiger partial charge in [-0.1, -0.05) is 97.1 Å². The maximum absolute atomic E-state index is 5.37. The number of fused-ring (bicyclic) bond motifs is 6. The molecule has 0 spiro atoms. The van der Waals surface area contributed by atoms with E-state index in [9.17, 15) is 0 Å². The van der Waals surface area contributed by atoms with Gasteiger partial charge in [0.25, 0.3) is 0 Å². The van der Waals surface area contributed by atoms with Crippen LogP contribution in [0.2, 0.25) is 0 Å². The summed E-state index contributed by atoms with van der Waals surface area (Å²) in [6.07, 6.45) is 1.82. The second-order valence-electron chi connectivity index (χ2n) is 10.6. The second kappa shape index (κ2) is 9.68. The second-order valence-corrected chi connectivity index (χ2v) is 10.6. The quantitative estimate of drug-likeness (QED) is 0.215. The summed E-state index contributed by atoms with van der Waals surface area (Å²) >= 11 is 0. The highest BCUT2D eigenvalue weighted by molar-refractivity contribution is 6.14. The van der Waals surface area contributed by atoms with E-state index in [1.165, 1.54) is 0 Å². The zero-order chi connectivity index (χ0) is 29.0. The molecule has 0 fully saturated rings. The molecule has 0 saturated carbocycles. The van der Waals surface area contributed by atoms with Crippen LogP contribution in [-0.4, -0.2) is 34.1 Å². The summed E-state index contributed by atoms with van der Waals surface area (Å²) in [6.45, 7) is 0. The molecule has 0 aliphatic carbocycles. The minimum Gasteiger partial charge on any atom is -0.308 e. The average Bonchev–Trinajstić information content (AvgIpc) is 3.60. The lowest BCUT2D eigenvalue weighted by atomic mass is 10.2. The maximum atomic E-state index is 5.37. The Labute approximate surface area is 251 Å². The molecule has 7 nitrogen and oxygen atoms in total. The molecule has 0 aliphatic heterocycles. The number of hydrogen-bond acceptors (Lipinski definition) is 5. The van der Waals surface area contributed by atoms with E-state index >= 15 is 0 Å². The van der Waals surface area contributed by atoms with Crippen molar-refractivity contribution in [3.8, 4) is 34.4 Å². The van der Waals surface area contributed by atoms with Crippen LogP contribution in [-0.2, 0) is 0 Å². The number of pyridine rings is 2. The van der Waals surface area contributed by atoms with Crippen molar-refractivity contribution in [2.75, 3.05) is 0 Å². The number of aromatic nitrogens is 7. The molecular weight excluding hydrogens is 542 g/mol. The Morgan fingerprint density at radius 3 is 1.75 bits per heavy atom. The monoisotopic (exact) mass is 565 g/mol. The molecule has 5 aromatic heterocycles. The van der Waals surface area contributed by atoms with E-state index in [1.54, 1.807) is 0 Å². The van der Waals surface area contributed by atoms with Gasteiger partial charge in [-0.15, -0.1) is 0 Å². The van der Waals surface area contributed by atoms with Gasteiger partial charge in [0.05, 0.1) is 27.6 Å². The Kier molecular flexibility index (Phi) is 5.36. The highest BCUT2D eigenvalue weighted by Crippen LogP contribution is 2.37. The summed E-state index contributed by atoms with van der Waals surface area (Å²) in [7, 11) is 0. The Morgan fingerprint density at radius 2 is 1.05 bits per heavy atom. The lowest BCUT2D eigenvalue weighted by Gasteiger charge is -2.10. The zero-order valence-electron chi connectivity index (χ0n) is 23.4. The minimum atomic E-state index is 0.490. The molecule has 0 amide bonds. The third kappa shape index (κ3) is 3.73. The smallest absolute Gasteiger partial charge is 0.240 e. The minimum absolute atomic E-state index is 0.490. The third-order valence-electron chi connectivity index (χ3n) is 8.02. The van der Waals surface area contributed by atoms with Crippen molar-refractivity contribution in [2.45, 2.75) is 0 Å². The molecule has 0 saturated heterocycles. The topological polar surface area (TPSA) is 74.3 Å². The van der Waals surface area contributed by atoms with Crippen LogP contribution in [0.25, 0.3) is 78.4 Å². The van der Waals surface area contributed by atoms with E-state index in [0.29, 0.717) is 17.6 Å². The molecule has 9 rings (SSSR count). The molecule has 5 heterocycles. The Balaban J connectivity index is 1.40. The standard InChI is InChI=1S/C37H23N7/c1-4-13-24(14-5-1)34-40-35(25-15-6-2-7-16-25)42-37(41-34)44-30-21-12-22-38-32(30)28-23-31-33(39-36(28)44)27-19-10-11-20-29(27)43(31)26-17-8-3-9-18-26/h1-23H. The fourth-order valence-corrected chi connectivity index (χ4v) is 6.06. The Morgan fingerprint density at radius 1 is 0.432 bits per heavy atom. The molecule has 0 atom stereocenters. The van der Waals surface area contributed by atoms with E-state index in [1.807, 2.05) is 89.6 Å². The fourth-order valence-electron chi connectivity index (χ4n) is 6.06. The number of hydrogen-bond donors (Lipinski definition) is 0. The summed E-state index contributed by atoms with van der Waals surface area (Å²) in [5, 5.41) is 2.00. The van der Waals surface area contributed by atoms with Gasteiger partial charge in [-0.3, -0.25) is 9.55 Å². The average molecular weight is 566 g/mol.